The molecule has 0 bridgehead atoms. The predicted octanol–water partition coefficient (Wildman–Crippen LogP) is 1.63. The van der Waals surface area contributed by atoms with Crippen LogP contribution in [0, 0.1) is 5.82 Å². The molecule has 0 aromatic heterocycles. The van der Waals surface area contributed by atoms with Gasteiger partial charge in [0.05, 0.1) is 6.42 Å². The Kier molecular flexibility index (Phi) is 8.46. The molecule has 0 spiro atoms. The molecular weight excluding hydrogens is 315 g/mol. The summed E-state index contributed by atoms with van der Waals surface area (Å²) in [5.41, 5.74) is 0.221. The van der Waals surface area contributed by atoms with Crippen molar-refractivity contribution in [2.24, 2.45) is 0 Å². The van der Waals surface area contributed by atoms with Crippen LogP contribution in [0.25, 0.3) is 0 Å². The minimum atomic E-state index is -1.05. The number of amides is 2. The van der Waals surface area contributed by atoms with Crippen LogP contribution in [0.5, 0.6) is 0 Å². The van der Waals surface area contributed by atoms with E-state index >= 15 is 0 Å². The van der Waals surface area contributed by atoms with Gasteiger partial charge in [-0.3, -0.25) is 14.4 Å². The molecule has 2 amide bonds. The lowest BCUT2D eigenvalue weighted by Crippen LogP contribution is -2.47. The van der Waals surface area contributed by atoms with Crippen LogP contribution < -0.4 is 10.6 Å². The van der Waals surface area contributed by atoms with Crippen molar-refractivity contribution < 1.29 is 23.9 Å². The molecule has 1 aromatic carbocycles. The van der Waals surface area contributed by atoms with E-state index in [4.69, 9.17) is 5.11 Å². The van der Waals surface area contributed by atoms with Crippen molar-refractivity contribution in [3.63, 3.8) is 0 Å². The van der Waals surface area contributed by atoms with Gasteiger partial charge in [0.2, 0.25) is 11.8 Å². The SMILES string of the molecule is CCCCNC(=O)[C@H](CCC(=O)O)NC(=O)Cc1ccccc1F. The summed E-state index contributed by atoms with van der Waals surface area (Å²) in [7, 11) is 0. The molecule has 0 aliphatic carbocycles. The van der Waals surface area contributed by atoms with E-state index in [-0.39, 0.29) is 24.8 Å². The Hall–Kier alpha value is -2.44. The first-order chi connectivity index (χ1) is 11.4. The van der Waals surface area contributed by atoms with Crippen LogP contribution in [0.2, 0.25) is 0 Å². The predicted molar refractivity (Wildman–Crippen MR) is 86.8 cm³/mol. The van der Waals surface area contributed by atoms with E-state index in [0.29, 0.717) is 6.54 Å². The van der Waals surface area contributed by atoms with Crippen molar-refractivity contribution in [1.29, 1.82) is 0 Å². The molecule has 7 heteroatoms. The fourth-order valence-electron chi connectivity index (χ4n) is 2.11. The van der Waals surface area contributed by atoms with E-state index in [1.54, 1.807) is 6.07 Å². The van der Waals surface area contributed by atoms with Crippen LogP contribution in [-0.4, -0.2) is 35.5 Å². The minimum absolute atomic E-state index is 0.0176. The van der Waals surface area contributed by atoms with E-state index in [1.807, 2.05) is 6.92 Å². The van der Waals surface area contributed by atoms with Gasteiger partial charge in [0.25, 0.3) is 0 Å². The molecule has 0 fully saturated rings. The van der Waals surface area contributed by atoms with Crippen molar-refractivity contribution in [1.82, 2.24) is 10.6 Å². The van der Waals surface area contributed by atoms with Crippen LogP contribution >= 0.6 is 0 Å². The van der Waals surface area contributed by atoms with Gasteiger partial charge in [-0.05, 0) is 24.5 Å². The number of aliphatic carboxylic acids is 1. The average molecular weight is 338 g/mol. The quantitative estimate of drug-likeness (QED) is 0.565. The molecule has 1 rings (SSSR count). The van der Waals surface area contributed by atoms with Gasteiger partial charge in [-0.15, -0.1) is 0 Å². The summed E-state index contributed by atoms with van der Waals surface area (Å²) in [6, 6.07) is 4.93. The summed E-state index contributed by atoms with van der Waals surface area (Å²) in [4.78, 5) is 34.9. The van der Waals surface area contributed by atoms with Crippen LogP contribution in [-0.2, 0) is 20.8 Å². The third-order valence-corrected chi connectivity index (χ3v) is 3.44. The Bertz CT molecular complexity index is 577. The molecule has 0 unspecified atom stereocenters. The van der Waals surface area contributed by atoms with Gasteiger partial charge < -0.3 is 15.7 Å². The number of benzene rings is 1. The third-order valence-electron chi connectivity index (χ3n) is 3.44. The van der Waals surface area contributed by atoms with Crippen molar-refractivity contribution in [3.05, 3.63) is 35.6 Å². The highest BCUT2D eigenvalue weighted by Gasteiger charge is 2.21. The zero-order chi connectivity index (χ0) is 17.9. The normalized spacial score (nSPS) is 11.6. The number of carboxylic acids is 1. The number of unbranched alkanes of at least 4 members (excludes halogenated alkanes) is 1. The maximum absolute atomic E-state index is 13.6. The first-order valence-electron chi connectivity index (χ1n) is 7.96. The molecule has 1 atom stereocenters. The zero-order valence-electron chi connectivity index (χ0n) is 13.7. The maximum atomic E-state index is 13.6. The Morgan fingerprint density at radius 3 is 2.58 bits per heavy atom. The zero-order valence-corrected chi connectivity index (χ0v) is 13.7. The van der Waals surface area contributed by atoms with Gasteiger partial charge in [0, 0.05) is 13.0 Å². The molecule has 6 nitrogen and oxygen atoms in total. The summed E-state index contributed by atoms with van der Waals surface area (Å²) in [6.45, 7) is 2.44. The second-order valence-corrected chi connectivity index (χ2v) is 5.47. The van der Waals surface area contributed by atoms with Crippen LogP contribution in [0.15, 0.2) is 24.3 Å². The number of hydrogen-bond donors (Lipinski definition) is 3. The summed E-state index contributed by atoms with van der Waals surface area (Å²) in [5, 5.41) is 13.9. The Morgan fingerprint density at radius 1 is 1.25 bits per heavy atom. The Morgan fingerprint density at radius 2 is 1.96 bits per heavy atom. The van der Waals surface area contributed by atoms with Crippen molar-refractivity contribution in [3.8, 4) is 0 Å². The molecule has 3 N–H and O–H groups in total. The van der Waals surface area contributed by atoms with Gasteiger partial charge in [-0.2, -0.15) is 0 Å². The molecule has 0 radical (unpaired) electrons. The van der Waals surface area contributed by atoms with E-state index in [0.717, 1.165) is 12.8 Å². The fraction of sp³-hybridized carbons (Fsp3) is 0.471. The lowest BCUT2D eigenvalue weighted by molar-refractivity contribution is -0.138. The summed E-state index contributed by atoms with van der Waals surface area (Å²) in [5.74, 6) is -2.50. The molecule has 24 heavy (non-hydrogen) atoms. The minimum Gasteiger partial charge on any atom is -0.481 e. The number of carbonyl (C=O) groups excluding carboxylic acids is 2. The van der Waals surface area contributed by atoms with E-state index in [9.17, 15) is 18.8 Å². The smallest absolute Gasteiger partial charge is 0.303 e. The molecule has 0 aliphatic rings. The molecule has 0 heterocycles. The van der Waals surface area contributed by atoms with Gasteiger partial charge in [0.1, 0.15) is 11.9 Å². The highest BCUT2D eigenvalue weighted by atomic mass is 19.1. The lowest BCUT2D eigenvalue weighted by Gasteiger charge is -2.18. The van der Waals surface area contributed by atoms with Gasteiger partial charge >= 0.3 is 5.97 Å². The van der Waals surface area contributed by atoms with Crippen LogP contribution in [0.1, 0.15) is 38.2 Å². The van der Waals surface area contributed by atoms with Gasteiger partial charge in [-0.25, -0.2) is 4.39 Å². The molecule has 0 saturated carbocycles. The number of hydrogen-bond acceptors (Lipinski definition) is 3. The number of halogens is 1. The third kappa shape index (κ3) is 7.21. The Labute approximate surface area is 140 Å². The van der Waals surface area contributed by atoms with Crippen LogP contribution in [0.4, 0.5) is 4.39 Å². The highest BCUT2D eigenvalue weighted by Crippen LogP contribution is 2.07. The van der Waals surface area contributed by atoms with Crippen molar-refractivity contribution in [2.75, 3.05) is 6.54 Å². The topological polar surface area (TPSA) is 95.5 Å². The first-order valence-corrected chi connectivity index (χ1v) is 7.96. The van der Waals surface area contributed by atoms with Gasteiger partial charge in [-0.1, -0.05) is 31.5 Å². The second kappa shape index (κ2) is 10.4. The van der Waals surface area contributed by atoms with Gasteiger partial charge in [0.15, 0.2) is 0 Å². The molecule has 0 aliphatic heterocycles. The van der Waals surface area contributed by atoms with E-state index in [2.05, 4.69) is 10.6 Å². The number of carboxylic acid groups (broad SMARTS) is 1. The largest absolute Gasteiger partial charge is 0.481 e. The van der Waals surface area contributed by atoms with E-state index in [1.165, 1.54) is 18.2 Å². The maximum Gasteiger partial charge on any atom is 0.303 e. The molecule has 132 valence electrons. The average Bonchev–Trinajstić information content (AvgIpc) is 2.53. The van der Waals surface area contributed by atoms with Crippen molar-refractivity contribution in [2.45, 2.75) is 45.1 Å². The molecule has 1 aromatic rings. The molecular formula is C17H23FN2O4. The monoisotopic (exact) mass is 338 g/mol. The van der Waals surface area contributed by atoms with Crippen LogP contribution in [0.3, 0.4) is 0 Å². The number of nitrogens with one attached hydrogen (secondary N) is 2. The highest BCUT2D eigenvalue weighted by molar-refractivity contribution is 5.88. The molecule has 0 saturated heterocycles. The fourth-order valence-corrected chi connectivity index (χ4v) is 2.11. The summed E-state index contributed by atoms with van der Waals surface area (Å²) >= 11 is 0. The summed E-state index contributed by atoms with van der Waals surface area (Å²) in [6.07, 6.45) is 1.22. The standard InChI is InChI=1S/C17H23FN2O4/c1-2-3-10-19-17(24)14(8-9-16(22)23)20-15(21)11-12-6-4-5-7-13(12)18/h4-7,14H,2-3,8-11H2,1H3,(H,19,24)(H,20,21)(H,22,23)/t14-/m0/s1. The Balaban J connectivity index is 2.65. The number of carbonyl (C=O) groups is 3. The number of rotatable bonds is 10. The van der Waals surface area contributed by atoms with E-state index < -0.39 is 29.6 Å². The summed E-state index contributed by atoms with van der Waals surface area (Å²) < 4.78 is 13.6. The van der Waals surface area contributed by atoms with Crippen molar-refractivity contribution >= 4 is 17.8 Å². The second-order valence-electron chi connectivity index (χ2n) is 5.47. The lowest BCUT2D eigenvalue weighted by atomic mass is 10.1. The first kappa shape index (κ1) is 19.6.